The molecule has 2 aromatic rings. The molecule has 110 valence electrons. The monoisotopic (exact) mass is 306 g/mol. The van der Waals surface area contributed by atoms with E-state index in [1.807, 2.05) is 6.92 Å². The van der Waals surface area contributed by atoms with Crippen molar-refractivity contribution in [3.63, 3.8) is 0 Å². The van der Waals surface area contributed by atoms with Gasteiger partial charge in [0, 0.05) is 11.7 Å². The molecule has 0 bridgehead atoms. The van der Waals surface area contributed by atoms with Crippen LogP contribution in [0.1, 0.15) is 22.8 Å². The van der Waals surface area contributed by atoms with Gasteiger partial charge in [0.1, 0.15) is 5.82 Å². The van der Waals surface area contributed by atoms with Crippen LogP contribution < -0.4 is 11.1 Å². The number of anilines is 1. The molecule has 2 rings (SSSR count). The van der Waals surface area contributed by atoms with Gasteiger partial charge in [0.25, 0.3) is 5.91 Å². The summed E-state index contributed by atoms with van der Waals surface area (Å²) in [5, 5.41) is 3.18. The molecule has 0 aromatic heterocycles. The lowest BCUT2D eigenvalue weighted by molar-refractivity contribution is 0.0940. The van der Waals surface area contributed by atoms with E-state index in [9.17, 15) is 9.18 Å². The number of hydrogen-bond acceptors (Lipinski definition) is 2. The van der Waals surface area contributed by atoms with Crippen molar-refractivity contribution in [3.8, 4) is 0 Å². The first-order chi connectivity index (χ1) is 9.95. The molecule has 5 heteroatoms. The summed E-state index contributed by atoms with van der Waals surface area (Å²) in [7, 11) is 0. The summed E-state index contributed by atoms with van der Waals surface area (Å²) in [4.78, 5) is 12.1. The van der Waals surface area contributed by atoms with Crippen molar-refractivity contribution in [2.75, 3.05) is 5.73 Å². The molecule has 0 spiro atoms. The molecule has 0 fully saturated rings. The second kappa shape index (κ2) is 6.59. The number of amides is 1. The number of halogens is 2. The largest absolute Gasteiger partial charge is 0.399 e. The van der Waals surface area contributed by atoms with E-state index in [1.165, 1.54) is 12.1 Å². The average molecular weight is 307 g/mol. The molecule has 3 N–H and O–H groups in total. The SMILES string of the molecule is CC(Cc1ccc(F)cc1)NC(=O)c1ccc(N)cc1Cl. The van der Waals surface area contributed by atoms with Crippen LogP contribution in [-0.4, -0.2) is 11.9 Å². The van der Waals surface area contributed by atoms with Crippen molar-refractivity contribution in [1.29, 1.82) is 0 Å². The Kier molecular flexibility index (Phi) is 4.81. The summed E-state index contributed by atoms with van der Waals surface area (Å²) < 4.78 is 12.8. The van der Waals surface area contributed by atoms with Crippen molar-refractivity contribution in [1.82, 2.24) is 5.32 Å². The number of carbonyl (C=O) groups is 1. The van der Waals surface area contributed by atoms with Gasteiger partial charge in [0.2, 0.25) is 0 Å². The van der Waals surface area contributed by atoms with E-state index >= 15 is 0 Å². The molecule has 1 atom stereocenters. The van der Waals surface area contributed by atoms with Crippen LogP contribution in [0.25, 0.3) is 0 Å². The smallest absolute Gasteiger partial charge is 0.253 e. The predicted octanol–water partition coefficient (Wildman–Crippen LogP) is 3.42. The van der Waals surface area contributed by atoms with Gasteiger partial charge < -0.3 is 11.1 Å². The lowest BCUT2D eigenvalue weighted by Crippen LogP contribution is -2.34. The van der Waals surface area contributed by atoms with Gasteiger partial charge in [-0.15, -0.1) is 0 Å². The first-order valence-corrected chi connectivity index (χ1v) is 6.94. The standard InChI is InChI=1S/C16H16ClFN2O/c1-10(8-11-2-4-12(18)5-3-11)20-16(21)14-7-6-13(19)9-15(14)17/h2-7,9-10H,8,19H2,1H3,(H,20,21). The molecule has 0 saturated heterocycles. The highest BCUT2D eigenvalue weighted by atomic mass is 35.5. The lowest BCUT2D eigenvalue weighted by atomic mass is 10.1. The summed E-state index contributed by atoms with van der Waals surface area (Å²) in [5.41, 5.74) is 7.44. The lowest BCUT2D eigenvalue weighted by Gasteiger charge is -2.15. The van der Waals surface area contributed by atoms with Crippen molar-refractivity contribution in [2.45, 2.75) is 19.4 Å². The van der Waals surface area contributed by atoms with Crippen LogP contribution in [0, 0.1) is 5.82 Å². The van der Waals surface area contributed by atoms with Crippen LogP contribution in [-0.2, 0) is 6.42 Å². The Balaban J connectivity index is 2.00. The Morgan fingerprint density at radius 3 is 2.57 bits per heavy atom. The van der Waals surface area contributed by atoms with E-state index in [0.717, 1.165) is 5.56 Å². The number of nitrogens with one attached hydrogen (secondary N) is 1. The average Bonchev–Trinajstić information content (AvgIpc) is 2.41. The maximum atomic E-state index is 12.8. The zero-order valence-electron chi connectivity index (χ0n) is 11.6. The van der Waals surface area contributed by atoms with Gasteiger partial charge in [-0.25, -0.2) is 4.39 Å². The Bertz CT molecular complexity index is 643. The maximum Gasteiger partial charge on any atom is 0.253 e. The van der Waals surface area contributed by atoms with Gasteiger partial charge in [-0.1, -0.05) is 23.7 Å². The van der Waals surface area contributed by atoms with E-state index in [0.29, 0.717) is 22.7 Å². The zero-order valence-corrected chi connectivity index (χ0v) is 12.3. The predicted molar refractivity (Wildman–Crippen MR) is 82.9 cm³/mol. The van der Waals surface area contributed by atoms with Crippen LogP contribution in [0.4, 0.5) is 10.1 Å². The van der Waals surface area contributed by atoms with Crippen molar-refractivity contribution in [3.05, 3.63) is 64.4 Å². The molecule has 1 unspecified atom stereocenters. The fraction of sp³-hybridized carbons (Fsp3) is 0.188. The number of hydrogen-bond donors (Lipinski definition) is 2. The van der Waals surface area contributed by atoms with Crippen LogP contribution in [0.15, 0.2) is 42.5 Å². The van der Waals surface area contributed by atoms with Crippen molar-refractivity contribution < 1.29 is 9.18 Å². The first-order valence-electron chi connectivity index (χ1n) is 6.56. The summed E-state index contributed by atoms with van der Waals surface area (Å²) in [6.07, 6.45) is 0.610. The highest BCUT2D eigenvalue weighted by Crippen LogP contribution is 2.19. The van der Waals surface area contributed by atoms with Crippen molar-refractivity contribution in [2.24, 2.45) is 0 Å². The summed E-state index contributed by atoms with van der Waals surface area (Å²) in [5.74, 6) is -0.529. The molecule has 0 heterocycles. The highest BCUT2D eigenvalue weighted by Gasteiger charge is 2.13. The first kappa shape index (κ1) is 15.3. The summed E-state index contributed by atoms with van der Waals surface area (Å²) in [6.45, 7) is 1.88. The van der Waals surface area contributed by atoms with E-state index in [1.54, 1.807) is 30.3 Å². The zero-order chi connectivity index (χ0) is 15.4. The molecule has 0 radical (unpaired) electrons. The quantitative estimate of drug-likeness (QED) is 0.850. The third kappa shape index (κ3) is 4.20. The van der Waals surface area contributed by atoms with Crippen LogP contribution in [0.5, 0.6) is 0 Å². The Morgan fingerprint density at radius 1 is 1.29 bits per heavy atom. The topological polar surface area (TPSA) is 55.1 Å². The van der Waals surface area contributed by atoms with Crippen LogP contribution >= 0.6 is 11.6 Å². The number of nitrogen functional groups attached to an aromatic ring is 1. The Morgan fingerprint density at radius 2 is 1.95 bits per heavy atom. The highest BCUT2D eigenvalue weighted by molar-refractivity contribution is 6.34. The molecule has 0 aliphatic rings. The van der Waals surface area contributed by atoms with Gasteiger partial charge in [0.05, 0.1) is 10.6 Å². The summed E-state index contributed by atoms with van der Waals surface area (Å²) >= 11 is 6.00. The molecular formula is C16H16ClFN2O. The molecule has 21 heavy (non-hydrogen) atoms. The fourth-order valence-electron chi connectivity index (χ4n) is 2.04. The third-order valence-corrected chi connectivity index (χ3v) is 3.38. The molecular weight excluding hydrogens is 291 g/mol. The molecule has 0 aliphatic heterocycles. The minimum absolute atomic E-state index is 0.100. The van der Waals surface area contributed by atoms with Crippen LogP contribution in [0.2, 0.25) is 5.02 Å². The Hall–Kier alpha value is -2.07. The Labute approximate surface area is 127 Å². The minimum atomic E-state index is -0.274. The molecule has 0 aliphatic carbocycles. The van der Waals surface area contributed by atoms with Gasteiger partial charge >= 0.3 is 0 Å². The van der Waals surface area contributed by atoms with Gasteiger partial charge in [0.15, 0.2) is 0 Å². The minimum Gasteiger partial charge on any atom is -0.399 e. The summed E-state index contributed by atoms with van der Waals surface area (Å²) in [6, 6.07) is 10.9. The van der Waals surface area contributed by atoms with E-state index < -0.39 is 0 Å². The molecule has 3 nitrogen and oxygen atoms in total. The van der Waals surface area contributed by atoms with E-state index in [-0.39, 0.29) is 17.8 Å². The third-order valence-electron chi connectivity index (χ3n) is 3.07. The van der Waals surface area contributed by atoms with Gasteiger partial charge in [-0.05, 0) is 49.2 Å². The van der Waals surface area contributed by atoms with E-state index in [2.05, 4.69) is 5.32 Å². The van der Waals surface area contributed by atoms with Gasteiger partial charge in [-0.3, -0.25) is 4.79 Å². The number of nitrogens with two attached hydrogens (primary N) is 1. The number of carbonyl (C=O) groups excluding carboxylic acids is 1. The fourth-order valence-corrected chi connectivity index (χ4v) is 2.32. The second-order valence-corrected chi connectivity index (χ2v) is 5.35. The maximum absolute atomic E-state index is 12.8. The normalized spacial score (nSPS) is 12.0. The molecule has 0 saturated carbocycles. The number of rotatable bonds is 4. The van der Waals surface area contributed by atoms with E-state index in [4.69, 9.17) is 17.3 Å². The van der Waals surface area contributed by atoms with Crippen molar-refractivity contribution >= 4 is 23.2 Å². The molecule has 2 aromatic carbocycles. The molecule has 1 amide bonds. The number of benzene rings is 2. The second-order valence-electron chi connectivity index (χ2n) is 4.94. The van der Waals surface area contributed by atoms with Gasteiger partial charge in [-0.2, -0.15) is 0 Å². The van der Waals surface area contributed by atoms with Crippen LogP contribution in [0.3, 0.4) is 0 Å².